The van der Waals surface area contributed by atoms with Crippen LogP contribution in [0.1, 0.15) is 28.3 Å². The van der Waals surface area contributed by atoms with Crippen LogP contribution in [0.3, 0.4) is 0 Å². The zero-order valence-electron chi connectivity index (χ0n) is 20.6. The van der Waals surface area contributed by atoms with E-state index in [9.17, 15) is 19.1 Å². The highest BCUT2D eigenvalue weighted by atomic mass is 19.1. The van der Waals surface area contributed by atoms with Crippen molar-refractivity contribution in [3.05, 3.63) is 88.2 Å². The first kappa shape index (κ1) is 24.1. The highest BCUT2D eigenvalue weighted by molar-refractivity contribution is 6.51. The number of amides is 1. The second-order valence-corrected chi connectivity index (χ2v) is 8.83. The molecule has 0 spiro atoms. The third-order valence-electron chi connectivity index (χ3n) is 6.45. The van der Waals surface area contributed by atoms with Crippen LogP contribution in [-0.2, 0) is 9.59 Å². The van der Waals surface area contributed by atoms with Gasteiger partial charge in [0.1, 0.15) is 11.6 Å². The number of nitrogens with zero attached hydrogens (tertiary/aromatic N) is 2. The lowest BCUT2D eigenvalue weighted by Gasteiger charge is -2.24. The molecule has 9 heteroatoms. The van der Waals surface area contributed by atoms with Crippen LogP contribution in [0.25, 0.3) is 16.8 Å². The van der Waals surface area contributed by atoms with Gasteiger partial charge in [-0.1, -0.05) is 12.1 Å². The van der Waals surface area contributed by atoms with Crippen molar-refractivity contribution >= 4 is 34.4 Å². The van der Waals surface area contributed by atoms with E-state index in [1.807, 2.05) is 25.1 Å². The molecular weight excluding hydrogens is 477 g/mol. The summed E-state index contributed by atoms with van der Waals surface area (Å²) in [7, 11) is 2.97. The average molecular weight is 502 g/mol. The average Bonchev–Trinajstić information content (AvgIpc) is 3.42. The maximum atomic E-state index is 13.9. The molecule has 1 unspecified atom stereocenters. The van der Waals surface area contributed by atoms with Gasteiger partial charge in [-0.05, 0) is 73.0 Å². The number of ketones is 1. The Morgan fingerprint density at radius 1 is 1.00 bits per heavy atom. The number of imidazole rings is 1. The van der Waals surface area contributed by atoms with Gasteiger partial charge in [0.05, 0.1) is 36.9 Å². The van der Waals surface area contributed by atoms with Gasteiger partial charge in [-0.25, -0.2) is 9.37 Å². The molecule has 1 aromatic heterocycles. The zero-order chi connectivity index (χ0) is 26.4. The summed E-state index contributed by atoms with van der Waals surface area (Å²) in [5, 5.41) is 11.3. The molecule has 3 aromatic carbocycles. The molecule has 8 nitrogen and oxygen atoms in total. The summed E-state index contributed by atoms with van der Waals surface area (Å²) in [5.41, 5.74) is 3.12. The molecule has 2 N–H and O–H groups in total. The predicted molar refractivity (Wildman–Crippen MR) is 136 cm³/mol. The first-order valence-corrected chi connectivity index (χ1v) is 11.5. The Bertz CT molecular complexity index is 1610. The highest BCUT2D eigenvalue weighted by Gasteiger charge is 2.48. The Morgan fingerprint density at radius 2 is 1.76 bits per heavy atom. The topological polar surface area (TPSA) is 105 Å². The minimum absolute atomic E-state index is 0.150. The highest BCUT2D eigenvalue weighted by Crippen LogP contribution is 2.43. The molecule has 1 amide bonds. The number of aliphatic hydroxyl groups excluding tert-OH is 1. The van der Waals surface area contributed by atoms with Gasteiger partial charge in [0, 0.05) is 5.56 Å². The van der Waals surface area contributed by atoms with Gasteiger partial charge in [0.2, 0.25) is 5.95 Å². The monoisotopic (exact) mass is 501 g/mol. The van der Waals surface area contributed by atoms with Gasteiger partial charge in [0.25, 0.3) is 5.78 Å². The van der Waals surface area contributed by atoms with Crippen LogP contribution < -0.4 is 14.4 Å². The van der Waals surface area contributed by atoms with Crippen LogP contribution in [0.15, 0.2) is 60.2 Å². The number of halogens is 1. The van der Waals surface area contributed by atoms with Gasteiger partial charge < -0.3 is 19.6 Å². The number of aliphatic hydroxyl groups is 1. The number of fused-ring (bicyclic) bond motifs is 1. The number of Topliss-reactive ketones (excluding diaryl/α,β-unsaturated/α-hetero) is 1. The molecule has 37 heavy (non-hydrogen) atoms. The van der Waals surface area contributed by atoms with Crippen LogP contribution in [0.2, 0.25) is 0 Å². The van der Waals surface area contributed by atoms with Crippen molar-refractivity contribution < 1.29 is 28.6 Å². The lowest BCUT2D eigenvalue weighted by atomic mass is 9.94. The number of carbonyl (C=O) groups excluding carboxylic acids is 2. The van der Waals surface area contributed by atoms with Crippen molar-refractivity contribution in [1.29, 1.82) is 0 Å². The SMILES string of the molecule is COc1ccc(C2/C(=C(\O)c3ccc(F)c(C)c3)C(=O)C(=O)N2c2nc3ccc(C)cc3[nH]2)cc1OC. The molecule has 2 heterocycles. The van der Waals surface area contributed by atoms with E-state index in [2.05, 4.69) is 9.97 Å². The maximum absolute atomic E-state index is 13.9. The number of benzene rings is 3. The Balaban J connectivity index is 1.76. The Hall–Kier alpha value is -4.66. The summed E-state index contributed by atoms with van der Waals surface area (Å²) in [5.74, 6) is -1.65. The largest absolute Gasteiger partial charge is 0.507 e. The van der Waals surface area contributed by atoms with E-state index < -0.39 is 29.3 Å². The number of hydrogen-bond donors (Lipinski definition) is 2. The molecule has 1 fully saturated rings. The zero-order valence-corrected chi connectivity index (χ0v) is 20.6. The molecule has 4 aromatic rings. The smallest absolute Gasteiger partial charge is 0.302 e. The van der Waals surface area contributed by atoms with Crippen molar-refractivity contribution in [2.75, 3.05) is 19.1 Å². The number of aryl methyl sites for hydroxylation is 2. The van der Waals surface area contributed by atoms with E-state index in [0.717, 1.165) is 5.56 Å². The quantitative estimate of drug-likeness (QED) is 0.228. The second kappa shape index (κ2) is 9.09. The molecule has 1 atom stereocenters. The lowest BCUT2D eigenvalue weighted by Crippen LogP contribution is -2.30. The summed E-state index contributed by atoms with van der Waals surface area (Å²) in [4.78, 5) is 35.7. The van der Waals surface area contributed by atoms with Crippen molar-refractivity contribution in [2.24, 2.45) is 0 Å². The Labute approximate surface area is 212 Å². The van der Waals surface area contributed by atoms with Crippen LogP contribution in [-0.4, -0.2) is 41.0 Å². The third-order valence-corrected chi connectivity index (χ3v) is 6.45. The summed E-state index contributed by atoms with van der Waals surface area (Å²) in [6, 6.07) is 13.5. The summed E-state index contributed by atoms with van der Waals surface area (Å²) < 4.78 is 24.7. The summed E-state index contributed by atoms with van der Waals surface area (Å²) in [6.07, 6.45) is 0. The van der Waals surface area contributed by atoms with Crippen LogP contribution in [0, 0.1) is 19.7 Å². The molecule has 1 saturated heterocycles. The number of methoxy groups -OCH3 is 2. The van der Waals surface area contributed by atoms with E-state index >= 15 is 0 Å². The molecule has 0 radical (unpaired) electrons. The van der Waals surface area contributed by atoms with Gasteiger partial charge >= 0.3 is 5.91 Å². The molecule has 0 saturated carbocycles. The van der Waals surface area contributed by atoms with Gasteiger partial charge in [-0.3, -0.25) is 14.5 Å². The normalized spacial score (nSPS) is 17.0. The molecule has 0 bridgehead atoms. The van der Waals surface area contributed by atoms with E-state index in [-0.39, 0.29) is 22.6 Å². The number of aromatic nitrogens is 2. The Kier molecular flexibility index (Phi) is 5.91. The third kappa shape index (κ3) is 3.98. The fraction of sp³-hybridized carbons (Fsp3) is 0.179. The molecule has 1 aliphatic heterocycles. The van der Waals surface area contributed by atoms with E-state index in [4.69, 9.17) is 9.47 Å². The summed E-state index contributed by atoms with van der Waals surface area (Å²) >= 11 is 0. The number of carbonyl (C=O) groups is 2. The van der Waals surface area contributed by atoms with Crippen molar-refractivity contribution in [1.82, 2.24) is 9.97 Å². The van der Waals surface area contributed by atoms with Crippen molar-refractivity contribution in [3.8, 4) is 11.5 Å². The Morgan fingerprint density at radius 3 is 2.46 bits per heavy atom. The van der Waals surface area contributed by atoms with E-state index in [0.29, 0.717) is 28.1 Å². The maximum Gasteiger partial charge on any atom is 0.302 e. The number of anilines is 1. The number of nitrogens with one attached hydrogen (secondary N) is 1. The number of hydrogen-bond acceptors (Lipinski definition) is 6. The van der Waals surface area contributed by atoms with Crippen LogP contribution in [0.5, 0.6) is 11.5 Å². The number of ether oxygens (including phenoxy) is 2. The van der Waals surface area contributed by atoms with Gasteiger partial charge in [-0.15, -0.1) is 0 Å². The number of aromatic amines is 1. The van der Waals surface area contributed by atoms with E-state index in [1.54, 1.807) is 25.1 Å². The number of H-pyrrole nitrogens is 1. The predicted octanol–water partition coefficient (Wildman–Crippen LogP) is 4.96. The minimum atomic E-state index is -1.05. The second-order valence-electron chi connectivity index (χ2n) is 8.83. The first-order chi connectivity index (χ1) is 17.7. The fourth-order valence-corrected chi connectivity index (χ4v) is 4.56. The summed E-state index contributed by atoms with van der Waals surface area (Å²) in [6.45, 7) is 3.48. The lowest BCUT2D eigenvalue weighted by molar-refractivity contribution is -0.132. The van der Waals surface area contributed by atoms with Gasteiger partial charge in [-0.2, -0.15) is 0 Å². The molecule has 0 aliphatic carbocycles. The van der Waals surface area contributed by atoms with Crippen molar-refractivity contribution in [3.63, 3.8) is 0 Å². The minimum Gasteiger partial charge on any atom is -0.507 e. The van der Waals surface area contributed by atoms with Gasteiger partial charge in [0.15, 0.2) is 11.5 Å². The van der Waals surface area contributed by atoms with Crippen LogP contribution in [0.4, 0.5) is 10.3 Å². The molecule has 188 valence electrons. The van der Waals surface area contributed by atoms with Crippen LogP contribution >= 0.6 is 0 Å². The van der Waals surface area contributed by atoms with Crippen molar-refractivity contribution in [2.45, 2.75) is 19.9 Å². The molecular formula is C28H24FN3O5. The standard InChI is InChI=1S/C28H24FN3O5/c1-14-5-9-19-20(11-14)31-28(30-19)32-24(16-7-10-21(36-3)22(13-16)37-4)23(26(34)27(32)35)25(33)17-6-8-18(29)15(2)12-17/h5-13,24,33H,1-4H3,(H,30,31)/b25-23+. The first-order valence-electron chi connectivity index (χ1n) is 11.5. The fourth-order valence-electron chi connectivity index (χ4n) is 4.56. The molecule has 1 aliphatic rings. The number of rotatable bonds is 5. The molecule has 5 rings (SSSR count). The van der Waals surface area contributed by atoms with E-state index in [1.165, 1.54) is 37.3 Å².